The van der Waals surface area contributed by atoms with E-state index in [-0.39, 0.29) is 0 Å². The van der Waals surface area contributed by atoms with Crippen molar-refractivity contribution in [2.45, 2.75) is 18.2 Å². The largest absolute Gasteiger partial charge is 0.290 e. The first-order valence-corrected chi connectivity index (χ1v) is 5.41. The minimum Gasteiger partial charge on any atom is -0.290 e. The van der Waals surface area contributed by atoms with Crippen LogP contribution in [0.5, 0.6) is 0 Å². The van der Waals surface area contributed by atoms with Crippen molar-refractivity contribution >= 4 is 47.1 Å². The maximum absolute atomic E-state index is 4.42. The predicted octanol–water partition coefficient (Wildman–Crippen LogP) is 0.914. The van der Waals surface area contributed by atoms with Crippen LogP contribution < -0.4 is 0 Å². The fourth-order valence-electron chi connectivity index (χ4n) is 0.878. The van der Waals surface area contributed by atoms with Crippen molar-refractivity contribution in [3.05, 3.63) is 0 Å². The summed E-state index contributed by atoms with van der Waals surface area (Å²) in [5, 5.41) is 0.741. The number of alkyl halides is 1. The summed E-state index contributed by atoms with van der Waals surface area (Å²) in [6.45, 7) is 2.19. The van der Waals surface area contributed by atoms with Gasteiger partial charge in [0.2, 0.25) is 0 Å². The van der Waals surface area contributed by atoms with Gasteiger partial charge in [0.25, 0.3) is 0 Å². The Kier molecular flexibility index (Phi) is 2.88. The number of hydrogen-bond donors (Lipinski definition) is 0. The molecule has 0 N–H and O–H groups in total. The van der Waals surface area contributed by atoms with Gasteiger partial charge in [-0.05, 0) is 6.92 Å². The highest BCUT2D eigenvalue weighted by molar-refractivity contribution is 14.1. The van der Waals surface area contributed by atoms with Gasteiger partial charge in [0.15, 0.2) is 7.85 Å². The molecule has 50 valence electrons. The molecule has 0 aromatic rings. The second-order valence-corrected chi connectivity index (χ2v) is 4.51. The van der Waals surface area contributed by atoms with Crippen molar-refractivity contribution in [1.82, 2.24) is 0 Å². The van der Waals surface area contributed by atoms with Gasteiger partial charge in [-0.2, -0.15) is 0 Å². The van der Waals surface area contributed by atoms with E-state index < -0.39 is 0 Å². The monoisotopic (exact) mass is 253 g/mol. The van der Waals surface area contributed by atoms with E-state index in [0.717, 1.165) is 5.25 Å². The minimum absolute atomic E-state index is 0.548. The van der Waals surface area contributed by atoms with E-state index in [0.29, 0.717) is 6.04 Å². The molecule has 0 aromatic heterocycles. The molecule has 1 aliphatic rings. The Morgan fingerprint density at radius 1 is 1.89 bits per heavy atom. The molecule has 2 unspecified atom stereocenters. The number of rotatable bonds is 1. The molecule has 0 bridgehead atoms. The van der Waals surface area contributed by atoms with E-state index >= 15 is 0 Å². The molecule has 1 rings (SSSR count). The molecule has 4 heteroatoms. The van der Waals surface area contributed by atoms with E-state index in [2.05, 4.69) is 42.4 Å². The topological polar surface area (TPSA) is 12.4 Å². The van der Waals surface area contributed by atoms with Gasteiger partial charge in [0, 0.05) is 14.6 Å². The van der Waals surface area contributed by atoms with Crippen LogP contribution in [0.1, 0.15) is 6.92 Å². The van der Waals surface area contributed by atoms with Gasteiger partial charge in [0.1, 0.15) is 0 Å². The Morgan fingerprint density at radius 3 is 2.78 bits per heavy atom. The van der Waals surface area contributed by atoms with Gasteiger partial charge in [-0.1, -0.05) is 22.6 Å². The van der Waals surface area contributed by atoms with E-state index in [4.69, 9.17) is 0 Å². The number of aliphatic imine (C=N–C) groups is 1. The smallest absolute Gasteiger partial charge is 0.172 e. The summed E-state index contributed by atoms with van der Waals surface area (Å²) in [6.07, 6.45) is 0. The first kappa shape index (κ1) is 7.92. The molecule has 0 aromatic carbocycles. The van der Waals surface area contributed by atoms with Gasteiger partial charge in [-0.25, -0.2) is 0 Å². The summed E-state index contributed by atoms with van der Waals surface area (Å²) >= 11 is 4.34. The summed E-state index contributed by atoms with van der Waals surface area (Å²) < 4.78 is 1.21. The standard InChI is InChI=1S/C5H9BINS/c1-3-4(2-7)9-5(6)8-3/h3-4H,2,6H2,1H3. The van der Waals surface area contributed by atoms with Crippen molar-refractivity contribution in [2.75, 3.05) is 4.43 Å². The Bertz CT molecular complexity index is 139. The lowest BCUT2D eigenvalue weighted by Crippen LogP contribution is -2.14. The average molecular weight is 253 g/mol. The molecule has 0 spiro atoms. The first-order valence-electron chi connectivity index (χ1n) is 3.01. The molecule has 0 radical (unpaired) electrons. The molecule has 0 saturated heterocycles. The molecular formula is C5H9BINS. The molecule has 0 aliphatic carbocycles. The third-order valence-electron chi connectivity index (χ3n) is 1.40. The van der Waals surface area contributed by atoms with Crippen LogP contribution in [0, 0.1) is 0 Å². The quantitative estimate of drug-likeness (QED) is 0.384. The van der Waals surface area contributed by atoms with Crippen molar-refractivity contribution in [3.63, 3.8) is 0 Å². The van der Waals surface area contributed by atoms with Crippen LogP contribution in [0.4, 0.5) is 0 Å². The van der Waals surface area contributed by atoms with E-state index in [1.54, 1.807) is 0 Å². The Hall–Kier alpha value is 0.815. The molecule has 1 nitrogen and oxygen atoms in total. The van der Waals surface area contributed by atoms with E-state index in [9.17, 15) is 0 Å². The summed E-state index contributed by atoms with van der Waals surface area (Å²) in [5.41, 5.74) is 0. The number of nitrogens with zero attached hydrogens (tertiary/aromatic N) is 1. The zero-order chi connectivity index (χ0) is 6.85. The van der Waals surface area contributed by atoms with Crippen LogP contribution in [0.2, 0.25) is 0 Å². The normalized spacial score (nSPS) is 34.7. The third-order valence-corrected chi connectivity index (χ3v) is 4.25. The van der Waals surface area contributed by atoms with Crippen LogP contribution in [-0.2, 0) is 0 Å². The SMILES string of the molecule is BC1=NC(C)C(CI)S1. The lowest BCUT2D eigenvalue weighted by Gasteiger charge is -2.07. The highest BCUT2D eigenvalue weighted by Crippen LogP contribution is 2.26. The molecule has 1 heterocycles. The second-order valence-electron chi connectivity index (χ2n) is 2.20. The Labute approximate surface area is 74.6 Å². The predicted molar refractivity (Wildman–Crippen MR) is 55.7 cm³/mol. The Morgan fingerprint density at radius 2 is 2.56 bits per heavy atom. The van der Waals surface area contributed by atoms with Gasteiger partial charge in [0.05, 0.1) is 6.04 Å². The summed E-state index contributed by atoms with van der Waals surface area (Å²) in [5.74, 6) is 0. The lowest BCUT2D eigenvalue weighted by molar-refractivity contribution is 0.762. The van der Waals surface area contributed by atoms with Crippen LogP contribution in [0.3, 0.4) is 0 Å². The number of halogens is 1. The zero-order valence-electron chi connectivity index (χ0n) is 5.60. The molecule has 2 atom stereocenters. The van der Waals surface area contributed by atoms with Crippen LogP contribution in [0.25, 0.3) is 0 Å². The second kappa shape index (κ2) is 3.28. The van der Waals surface area contributed by atoms with Gasteiger partial charge in [-0.15, -0.1) is 11.8 Å². The van der Waals surface area contributed by atoms with Crippen LogP contribution >= 0.6 is 34.4 Å². The molecule has 9 heavy (non-hydrogen) atoms. The summed E-state index contributed by atoms with van der Waals surface area (Å²) in [4.78, 5) is 5.67. The maximum Gasteiger partial charge on any atom is 0.172 e. The minimum atomic E-state index is 0.548. The van der Waals surface area contributed by atoms with Crippen LogP contribution in [0.15, 0.2) is 4.99 Å². The van der Waals surface area contributed by atoms with Crippen LogP contribution in [-0.4, -0.2) is 28.5 Å². The fraction of sp³-hybridized carbons (Fsp3) is 0.800. The van der Waals surface area contributed by atoms with Gasteiger partial charge >= 0.3 is 0 Å². The van der Waals surface area contributed by atoms with Gasteiger partial charge in [-0.3, -0.25) is 4.99 Å². The Balaban J connectivity index is 2.49. The highest BCUT2D eigenvalue weighted by Gasteiger charge is 2.22. The molecular weight excluding hydrogens is 244 g/mol. The molecule has 0 amide bonds. The van der Waals surface area contributed by atoms with Crippen molar-refractivity contribution in [1.29, 1.82) is 0 Å². The highest BCUT2D eigenvalue weighted by atomic mass is 127. The van der Waals surface area contributed by atoms with Crippen molar-refractivity contribution in [3.8, 4) is 0 Å². The summed E-state index contributed by atoms with van der Waals surface area (Å²) in [6, 6.07) is 0.548. The maximum atomic E-state index is 4.42. The average Bonchev–Trinajstić information content (AvgIpc) is 2.10. The zero-order valence-corrected chi connectivity index (χ0v) is 8.57. The summed E-state index contributed by atoms with van der Waals surface area (Å²) in [7, 11) is 2.09. The lowest BCUT2D eigenvalue weighted by atomic mass is 10.2. The first-order chi connectivity index (χ1) is 4.24. The van der Waals surface area contributed by atoms with Gasteiger partial charge < -0.3 is 0 Å². The molecule has 0 saturated carbocycles. The van der Waals surface area contributed by atoms with E-state index in [1.807, 2.05) is 11.8 Å². The number of hydrogen-bond acceptors (Lipinski definition) is 2. The number of thioether (sulfide) groups is 1. The van der Waals surface area contributed by atoms with E-state index in [1.165, 1.54) is 9.37 Å². The molecule has 1 aliphatic heterocycles. The van der Waals surface area contributed by atoms with Crippen molar-refractivity contribution < 1.29 is 0 Å². The fourth-order valence-corrected chi connectivity index (χ4v) is 3.14. The molecule has 0 fully saturated rings. The van der Waals surface area contributed by atoms with Crippen molar-refractivity contribution in [2.24, 2.45) is 4.99 Å². The third kappa shape index (κ3) is 1.87.